The summed E-state index contributed by atoms with van der Waals surface area (Å²) in [5.74, 6) is -0.647. The molecular formula is C6H9NO4. The van der Waals surface area contributed by atoms with Gasteiger partial charge in [-0.05, 0) is 0 Å². The molecule has 2 bridgehead atoms. The third-order valence-electron chi connectivity index (χ3n) is 2.13. The summed E-state index contributed by atoms with van der Waals surface area (Å²) in [5, 5.41) is 19.0. The molecule has 2 atom stereocenters. The fraction of sp³-hybridized carbons (Fsp3) is 0.833. The Morgan fingerprint density at radius 1 is 1.73 bits per heavy atom. The van der Waals surface area contributed by atoms with Crippen molar-refractivity contribution >= 4 is 5.91 Å². The van der Waals surface area contributed by atoms with Crippen molar-refractivity contribution in [2.24, 2.45) is 0 Å². The number of nitrogens with zero attached hydrogens (tertiary/aromatic N) is 1. The molecule has 0 spiro atoms. The summed E-state index contributed by atoms with van der Waals surface area (Å²) in [6.07, 6.45) is 0.103. The average Bonchev–Trinajstić information content (AvgIpc) is 2.27. The van der Waals surface area contributed by atoms with Crippen molar-refractivity contribution in [1.29, 1.82) is 0 Å². The van der Waals surface area contributed by atoms with Crippen molar-refractivity contribution in [2.45, 2.75) is 18.1 Å². The van der Waals surface area contributed by atoms with E-state index in [1.54, 1.807) is 0 Å². The molecule has 0 radical (unpaired) electrons. The lowest BCUT2D eigenvalue weighted by atomic mass is 9.95. The summed E-state index contributed by atoms with van der Waals surface area (Å²) in [6.45, 7) is 0.175. The summed E-state index contributed by atoms with van der Waals surface area (Å²) in [5.41, 5.74) is -1.46. The SMILES string of the molecule is O=C1N(O)CC2CC1(O)CO2. The molecule has 0 aromatic rings. The Morgan fingerprint density at radius 3 is 3.18 bits per heavy atom. The molecule has 0 aromatic heterocycles. The van der Waals surface area contributed by atoms with Crippen LogP contribution in [0.2, 0.25) is 0 Å². The van der Waals surface area contributed by atoms with Crippen molar-refractivity contribution in [2.75, 3.05) is 13.2 Å². The third kappa shape index (κ3) is 0.852. The summed E-state index contributed by atoms with van der Waals surface area (Å²) >= 11 is 0. The Labute approximate surface area is 63.1 Å². The zero-order valence-electron chi connectivity index (χ0n) is 5.86. The predicted octanol–water partition coefficient (Wildman–Crippen LogP) is -1.26. The Bertz CT molecular complexity index is 207. The van der Waals surface area contributed by atoms with E-state index in [1.807, 2.05) is 0 Å². The molecule has 2 aliphatic rings. The van der Waals surface area contributed by atoms with E-state index in [2.05, 4.69) is 0 Å². The first-order chi connectivity index (χ1) is 5.12. The van der Waals surface area contributed by atoms with E-state index >= 15 is 0 Å². The number of hydrogen-bond acceptors (Lipinski definition) is 4. The summed E-state index contributed by atoms with van der Waals surface area (Å²) < 4.78 is 5.05. The highest BCUT2D eigenvalue weighted by Crippen LogP contribution is 2.30. The number of carbonyl (C=O) groups excluding carboxylic acids is 1. The number of fused-ring (bicyclic) bond motifs is 2. The largest absolute Gasteiger partial charge is 0.377 e. The van der Waals surface area contributed by atoms with Gasteiger partial charge in [-0.1, -0.05) is 0 Å². The number of ether oxygens (including phenoxy) is 1. The van der Waals surface area contributed by atoms with Gasteiger partial charge in [-0.2, -0.15) is 0 Å². The monoisotopic (exact) mass is 159 g/mol. The van der Waals surface area contributed by atoms with Crippen molar-refractivity contribution < 1.29 is 19.8 Å². The minimum absolute atomic E-state index is 0.00750. The minimum Gasteiger partial charge on any atom is -0.377 e. The summed E-state index contributed by atoms with van der Waals surface area (Å²) in [4.78, 5) is 11.1. The Morgan fingerprint density at radius 2 is 2.45 bits per heavy atom. The molecule has 2 N–H and O–H groups in total. The second kappa shape index (κ2) is 1.94. The van der Waals surface area contributed by atoms with Crippen LogP contribution in [-0.4, -0.2) is 46.1 Å². The van der Waals surface area contributed by atoms with E-state index in [0.29, 0.717) is 11.5 Å². The maximum Gasteiger partial charge on any atom is 0.280 e. The summed E-state index contributed by atoms with van der Waals surface area (Å²) in [6, 6.07) is 0. The van der Waals surface area contributed by atoms with E-state index in [0.717, 1.165) is 0 Å². The molecule has 2 aliphatic heterocycles. The third-order valence-corrected chi connectivity index (χ3v) is 2.13. The molecule has 0 aliphatic carbocycles. The standard InChI is InChI=1S/C6H9NO4/c8-5-6(9)1-4(11-3-6)2-7(5)10/h4,9-10H,1-3H2. The van der Waals surface area contributed by atoms with Crippen LogP contribution < -0.4 is 0 Å². The van der Waals surface area contributed by atoms with Crippen LogP contribution in [0.1, 0.15) is 6.42 Å². The van der Waals surface area contributed by atoms with Crippen molar-refractivity contribution in [3.63, 3.8) is 0 Å². The highest BCUT2D eigenvalue weighted by atomic mass is 16.6. The highest BCUT2D eigenvalue weighted by Gasteiger charge is 2.51. The molecule has 2 saturated heterocycles. The van der Waals surface area contributed by atoms with E-state index in [9.17, 15) is 9.90 Å². The van der Waals surface area contributed by atoms with E-state index in [4.69, 9.17) is 9.94 Å². The van der Waals surface area contributed by atoms with Crippen molar-refractivity contribution in [1.82, 2.24) is 5.06 Å². The van der Waals surface area contributed by atoms with E-state index in [-0.39, 0.29) is 19.3 Å². The van der Waals surface area contributed by atoms with Gasteiger partial charge in [0.15, 0.2) is 5.60 Å². The number of carbonyl (C=O) groups is 1. The molecule has 5 nitrogen and oxygen atoms in total. The second-order valence-electron chi connectivity index (χ2n) is 3.06. The average molecular weight is 159 g/mol. The fourth-order valence-electron chi connectivity index (χ4n) is 1.53. The van der Waals surface area contributed by atoms with Gasteiger partial charge in [-0.15, -0.1) is 0 Å². The van der Waals surface area contributed by atoms with Gasteiger partial charge in [0.05, 0.1) is 19.3 Å². The second-order valence-corrected chi connectivity index (χ2v) is 3.06. The molecule has 2 heterocycles. The van der Waals surface area contributed by atoms with Crippen LogP contribution in [0, 0.1) is 0 Å². The van der Waals surface area contributed by atoms with Gasteiger partial charge in [-0.25, -0.2) is 5.06 Å². The van der Waals surface area contributed by atoms with E-state index < -0.39 is 11.5 Å². The number of rotatable bonds is 0. The van der Waals surface area contributed by atoms with Gasteiger partial charge in [0, 0.05) is 6.42 Å². The zero-order valence-corrected chi connectivity index (χ0v) is 5.86. The minimum atomic E-state index is -1.46. The van der Waals surface area contributed by atoms with Crippen molar-refractivity contribution in [3.8, 4) is 0 Å². The molecule has 2 rings (SSSR count). The van der Waals surface area contributed by atoms with Crippen molar-refractivity contribution in [3.05, 3.63) is 0 Å². The van der Waals surface area contributed by atoms with E-state index in [1.165, 1.54) is 0 Å². The van der Waals surface area contributed by atoms with Crippen LogP contribution in [0.3, 0.4) is 0 Å². The lowest BCUT2D eigenvalue weighted by Gasteiger charge is -2.29. The fourth-order valence-corrected chi connectivity index (χ4v) is 1.53. The number of piperidine rings is 1. The molecule has 1 amide bonds. The number of amides is 1. The predicted molar refractivity (Wildman–Crippen MR) is 32.8 cm³/mol. The maximum atomic E-state index is 11.1. The van der Waals surface area contributed by atoms with Gasteiger partial charge in [0.1, 0.15) is 0 Å². The van der Waals surface area contributed by atoms with Gasteiger partial charge in [0.2, 0.25) is 0 Å². The smallest absolute Gasteiger partial charge is 0.280 e. The number of hydroxylamine groups is 2. The zero-order chi connectivity index (χ0) is 8.06. The Balaban J connectivity index is 2.28. The molecule has 5 heteroatoms. The van der Waals surface area contributed by atoms with Gasteiger partial charge in [0.25, 0.3) is 5.91 Å². The van der Waals surface area contributed by atoms with Gasteiger partial charge in [-0.3, -0.25) is 10.0 Å². The molecule has 2 unspecified atom stereocenters. The van der Waals surface area contributed by atoms with Gasteiger partial charge < -0.3 is 9.84 Å². The highest BCUT2D eigenvalue weighted by molar-refractivity contribution is 5.85. The van der Waals surface area contributed by atoms with Gasteiger partial charge >= 0.3 is 0 Å². The number of hydrogen-bond donors (Lipinski definition) is 2. The van der Waals surface area contributed by atoms with Crippen LogP contribution in [0.15, 0.2) is 0 Å². The van der Waals surface area contributed by atoms with Crippen LogP contribution in [-0.2, 0) is 9.53 Å². The van der Waals surface area contributed by atoms with Crippen LogP contribution in [0.25, 0.3) is 0 Å². The molecule has 62 valence electrons. The van der Waals surface area contributed by atoms with Crippen LogP contribution in [0.5, 0.6) is 0 Å². The topological polar surface area (TPSA) is 70.0 Å². The first kappa shape index (κ1) is 7.02. The molecule has 0 aromatic carbocycles. The molecular weight excluding hydrogens is 150 g/mol. The first-order valence-electron chi connectivity index (χ1n) is 3.47. The van der Waals surface area contributed by atoms with Crippen LogP contribution in [0.4, 0.5) is 0 Å². The Kier molecular flexibility index (Phi) is 1.24. The van der Waals surface area contributed by atoms with Crippen LogP contribution >= 0.6 is 0 Å². The quantitative estimate of drug-likeness (QED) is 0.433. The maximum absolute atomic E-state index is 11.1. The Hall–Kier alpha value is -0.650. The normalized spacial score (nSPS) is 43.3. The molecule has 0 saturated carbocycles. The lowest BCUT2D eigenvalue weighted by molar-refractivity contribution is -0.190. The first-order valence-corrected chi connectivity index (χ1v) is 3.47. The lowest BCUT2D eigenvalue weighted by Crippen LogP contribution is -2.53. The summed E-state index contributed by atoms with van der Waals surface area (Å²) in [7, 11) is 0. The molecule has 11 heavy (non-hydrogen) atoms. The number of aliphatic hydroxyl groups is 1. The molecule has 2 fully saturated rings.